The maximum Gasteiger partial charge on any atom is 0.123 e. The van der Waals surface area contributed by atoms with Crippen LogP contribution in [0, 0.1) is 5.82 Å². The number of benzene rings is 2. The van der Waals surface area contributed by atoms with Crippen LogP contribution in [0.25, 0.3) is 11.1 Å². The molecule has 2 aromatic carbocycles. The van der Waals surface area contributed by atoms with Crippen LogP contribution in [-0.2, 0) is 5.60 Å². The van der Waals surface area contributed by atoms with E-state index in [2.05, 4.69) is 15.9 Å². The lowest BCUT2D eigenvalue weighted by Crippen LogP contribution is -2.21. The molecule has 0 saturated carbocycles. The minimum Gasteiger partial charge on any atom is -0.385 e. The van der Waals surface area contributed by atoms with Gasteiger partial charge in [-0.2, -0.15) is 0 Å². The summed E-state index contributed by atoms with van der Waals surface area (Å²) in [6.07, 6.45) is 0.645. The zero-order valence-corrected chi connectivity index (χ0v) is 12.3. The van der Waals surface area contributed by atoms with E-state index in [0.717, 1.165) is 22.0 Å². The average molecular weight is 323 g/mol. The van der Waals surface area contributed by atoms with Crippen molar-refractivity contribution in [2.75, 3.05) is 5.33 Å². The van der Waals surface area contributed by atoms with E-state index in [4.69, 9.17) is 0 Å². The van der Waals surface area contributed by atoms with E-state index in [1.807, 2.05) is 30.3 Å². The van der Waals surface area contributed by atoms with Gasteiger partial charge in [0.1, 0.15) is 5.82 Å². The molecule has 3 heteroatoms. The van der Waals surface area contributed by atoms with Crippen LogP contribution in [0.3, 0.4) is 0 Å². The number of hydrogen-bond donors (Lipinski definition) is 1. The SMILES string of the molecule is CC(O)(CCBr)c1ccc(-c2cccc(F)c2)cc1. The van der Waals surface area contributed by atoms with Gasteiger partial charge in [0.15, 0.2) is 0 Å². The Morgan fingerprint density at radius 1 is 1.11 bits per heavy atom. The Labute approximate surface area is 121 Å². The van der Waals surface area contributed by atoms with Crippen LogP contribution in [0.15, 0.2) is 48.5 Å². The van der Waals surface area contributed by atoms with E-state index in [-0.39, 0.29) is 5.82 Å². The third-order valence-corrected chi connectivity index (χ3v) is 3.64. The summed E-state index contributed by atoms with van der Waals surface area (Å²) in [7, 11) is 0. The molecular weight excluding hydrogens is 307 g/mol. The molecule has 1 unspecified atom stereocenters. The van der Waals surface area contributed by atoms with Gasteiger partial charge < -0.3 is 5.11 Å². The Balaban J connectivity index is 2.28. The van der Waals surface area contributed by atoms with E-state index in [9.17, 15) is 9.50 Å². The summed E-state index contributed by atoms with van der Waals surface area (Å²) in [5, 5.41) is 11.0. The smallest absolute Gasteiger partial charge is 0.123 e. The molecular formula is C16H16BrFO. The number of rotatable bonds is 4. The summed E-state index contributed by atoms with van der Waals surface area (Å²) in [4.78, 5) is 0. The number of halogens is 2. The van der Waals surface area contributed by atoms with E-state index in [0.29, 0.717) is 6.42 Å². The summed E-state index contributed by atoms with van der Waals surface area (Å²) >= 11 is 3.34. The van der Waals surface area contributed by atoms with Crippen LogP contribution >= 0.6 is 15.9 Å². The highest BCUT2D eigenvalue weighted by molar-refractivity contribution is 9.09. The van der Waals surface area contributed by atoms with Crippen molar-refractivity contribution in [2.45, 2.75) is 18.9 Å². The maximum atomic E-state index is 13.2. The molecule has 0 aliphatic carbocycles. The van der Waals surface area contributed by atoms with E-state index < -0.39 is 5.60 Å². The molecule has 0 aliphatic heterocycles. The summed E-state index contributed by atoms with van der Waals surface area (Å²) < 4.78 is 13.2. The molecule has 100 valence electrons. The standard InChI is InChI=1S/C16H16BrFO/c1-16(19,9-10-17)14-7-5-12(6-8-14)13-3-2-4-15(18)11-13/h2-8,11,19H,9-10H2,1H3. The Hall–Kier alpha value is -1.19. The van der Waals surface area contributed by atoms with Gasteiger partial charge in [0.05, 0.1) is 5.60 Å². The Bertz CT molecular complexity index is 549. The highest BCUT2D eigenvalue weighted by Crippen LogP contribution is 2.28. The molecule has 1 atom stereocenters. The fourth-order valence-electron chi connectivity index (χ4n) is 2.02. The van der Waals surface area contributed by atoms with E-state index in [1.165, 1.54) is 12.1 Å². The summed E-state index contributed by atoms with van der Waals surface area (Å²) in [6.45, 7) is 1.80. The van der Waals surface area contributed by atoms with Gasteiger partial charge in [0.25, 0.3) is 0 Å². The number of hydrogen-bond acceptors (Lipinski definition) is 1. The zero-order valence-electron chi connectivity index (χ0n) is 10.7. The molecule has 0 aliphatic rings. The Kier molecular flexibility index (Phi) is 4.38. The normalized spacial score (nSPS) is 14.1. The lowest BCUT2D eigenvalue weighted by Gasteiger charge is -2.23. The van der Waals surface area contributed by atoms with Gasteiger partial charge in [0.2, 0.25) is 0 Å². The molecule has 19 heavy (non-hydrogen) atoms. The fraction of sp³-hybridized carbons (Fsp3) is 0.250. The number of alkyl halides is 1. The monoisotopic (exact) mass is 322 g/mol. The summed E-state index contributed by atoms with van der Waals surface area (Å²) in [5.41, 5.74) is 1.81. The molecule has 0 amide bonds. The first-order chi connectivity index (χ1) is 9.03. The quantitative estimate of drug-likeness (QED) is 0.822. The Morgan fingerprint density at radius 3 is 2.37 bits per heavy atom. The molecule has 1 nitrogen and oxygen atoms in total. The van der Waals surface area contributed by atoms with Crippen molar-refractivity contribution in [3.8, 4) is 11.1 Å². The highest BCUT2D eigenvalue weighted by atomic mass is 79.9. The minimum absolute atomic E-state index is 0.243. The van der Waals surface area contributed by atoms with Gasteiger partial charge in [-0.05, 0) is 42.2 Å². The van der Waals surface area contributed by atoms with Crippen molar-refractivity contribution in [3.63, 3.8) is 0 Å². The maximum absolute atomic E-state index is 13.2. The van der Waals surface area contributed by atoms with Gasteiger partial charge in [0, 0.05) is 5.33 Å². The van der Waals surface area contributed by atoms with Crippen molar-refractivity contribution in [3.05, 3.63) is 59.9 Å². The van der Waals surface area contributed by atoms with Crippen molar-refractivity contribution in [1.82, 2.24) is 0 Å². The lowest BCUT2D eigenvalue weighted by atomic mass is 9.92. The molecule has 0 radical (unpaired) electrons. The molecule has 0 spiro atoms. The largest absolute Gasteiger partial charge is 0.385 e. The second-order valence-electron chi connectivity index (χ2n) is 4.80. The predicted molar refractivity (Wildman–Crippen MR) is 79.8 cm³/mol. The molecule has 0 fully saturated rings. The number of aliphatic hydroxyl groups is 1. The third-order valence-electron chi connectivity index (χ3n) is 3.25. The van der Waals surface area contributed by atoms with E-state index in [1.54, 1.807) is 13.0 Å². The average Bonchev–Trinajstić information content (AvgIpc) is 2.39. The first-order valence-corrected chi connectivity index (χ1v) is 7.30. The first kappa shape index (κ1) is 14.2. The van der Waals surface area contributed by atoms with Gasteiger partial charge in [-0.25, -0.2) is 4.39 Å². The zero-order chi connectivity index (χ0) is 13.9. The van der Waals surface area contributed by atoms with Crippen LogP contribution in [0.1, 0.15) is 18.9 Å². The first-order valence-electron chi connectivity index (χ1n) is 6.18. The predicted octanol–water partition coefficient (Wildman–Crippen LogP) is 4.49. The van der Waals surface area contributed by atoms with Crippen LogP contribution < -0.4 is 0 Å². The van der Waals surface area contributed by atoms with Gasteiger partial charge in [-0.1, -0.05) is 52.3 Å². The lowest BCUT2D eigenvalue weighted by molar-refractivity contribution is 0.0547. The van der Waals surface area contributed by atoms with Gasteiger partial charge >= 0.3 is 0 Å². The molecule has 2 aromatic rings. The van der Waals surface area contributed by atoms with Gasteiger partial charge in [-0.3, -0.25) is 0 Å². The summed E-state index contributed by atoms with van der Waals surface area (Å²) in [6, 6.07) is 14.1. The van der Waals surface area contributed by atoms with Gasteiger partial charge in [-0.15, -0.1) is 0 Å². The summed E-state index contributed by atoms with van der Waals surface area (Å²) in [5.74, 6) is -0.243. The molecule has 2 rings (SSSR count). The Morgan fingerprint density at radius 2 is 1.79 bits per heavy atom. The topological polar surface area (TPSA) is 20.2 Å². The van der Waals surface area contributed by atoms with Crippen LogP contribution in [0.5, 0.6) is 0 Å². The molecule has 0 aromatic heterocycles. The molecule has 0 heterocycles. The van der Waals surface area contributed by atoms with E-state index >= 15 is 0 Å². The van der Waals surface area contributed by atoms with Crippen molar-refractivity contribution in [2.24, 2.45) is 0 Å². The highest BCUT2D eigenvalue weighted by Gasteiger charge is 2.21. The molecule has 0 bridgehead atoms. The molecule has 1 N–H and O–H groups in total. The van der Waals surface area contributed by atoms with Crippen molar-refractivity contribution >= 4 is 15.9 Å². The fourth-order valence-corrected chi connectivity index (χ4v) is 2.79. The van der Waals surface area contributed by atoms with Crippen LogP contribution in [-0.4, -0.2) is 10.4 Å². The van der Waals surface area contributed by atoms with Crippen LogP contribution in [0.2, 0.25) is 0 Å². The van der Waals surface area contributed by atoms with Crippen molar-refractivity contribution < 1.29 is 9.50 Å². The second-order valence-corrected chi connectivity index (χ2v) is 5.59. The van der Waals surface area contributed by atoms with Crippen molar-refractivity contribution in [1.29, 1.82) is 0 Å². The third kappa shape index (κ3) is 3.43. The van der Waals surface area contributed by atoms with Crippen LogP contribution in [0.4, 0.5) is 4.39 Å². The minimum atomic E-state index is -0.843. The molecule has 0 saturated heterocycles. The second kappa shape index (κ2) is 5.85.